The van der Waals surface area contributed by atoms with Crippen LogP contribution in [0.5, 0.6) is 11.6 Å². The second-order valence-electron chi connectivity index (χ2n) is 6.98. The molecule has 3 heterocycles. The van der Waals surface area contributed by atoms with Crippen molar-refractivity contribution >= 4 is 11.8 Å². The van der Waals surface area contributed by atoms with Crippen LogP contribution in [0, 0.1) is 0 Å². The molecule has 2 aromatic rings. The van der Waals surface area contributed by atoms with Crippen LogP contribution in [-0.2, 0) is 4.79 Å². The topological polar surface area (TPSA) is 87.7 Å². The number of hydrogen-bond donors (Lipinski definition) is 1. The van der Waals surface area contributed by atoms with Gasteiger partial charge in [-0.3, -0.25) is 14.6 Å². The molecule has 2 fully saturated rings. The van der Waals surface area contributed by atoms with E-state index < -0.39 is 0 Å². The number of carbonyl (C=O) groups is 2. The van der Waals surface area contributed by atoms with E-state index in [1.807, 2.05) is 9.80 Å². The van der Waals surface area contributed by atoms with E-state index in [4.69, 9.17) is 4.74 Å². The summed E-state index contributed by atoms with van der Waals surface area (Å²) in [7, 11) is 0. The van der Waals surface area contributed by atoms with E-state index in [2.05, 4.69) is 15.3 Å². The van der Waals surface area contributed by atoms with Crippen molar-refractivity contribution in [1.29, 1.82) is 0 Å². The van der Waals surface area contributed by atoms with Gasteiger partial charge in [0.1, 0.15) is 5.75 Å². The van der Waals surface area contributed by atoms with E-state index >= 15 is 0 Å². The Morgan fingerprint density at radius 2 is 2.18 bits per heavy atom. The van der Waals surface area contributed by atoms with Gasteiger partial charge in [0.05, 0.1) is 12.7 Å². The Morgan fingerprint density at radius 3 is 3.00 bits per heavy atom. The predicted octanol–water partition coefficient (Wildman–Crippen LogP) is 1.31. The van der Waals surface area contributed by atoms with Crippen molar-refractivity contribution in [3.05, 3.63) is 48.4 Å². The first-order chi connectivity index (χ1) is 13.7. The molecule has 2 aliphatic rings. The van der Waals surface area contributed by atoms with Crippen LogP contribution < -0.4 is 10.1 Å². The van der Waals surface area contributed by atoms with Crippen LogP contribution in [-0.4, -0.2) is 70.3 Å². The van der Waals surface area contributed by atoms with Crippen LogP contribution in [0.2, 0.25) is 0 Å². The summed E-state index contributed by atoms with van der Waals surface area (Å²) in [6.07, 6.45) is 6.47. The maximum absolute atomic E-state index is 13.0. The third kappa shape index (κ3) is 4.12. The zero-order valence-electron chi connectivity index (χ0n) is 15.6. The summed E-state index contributed by atoms with van der Waals surface area (Å²) >= 11 is 0. The number of nitrogens with one attached hydrogen (secondary N) is 1. The maximum atomic E-state index is 13.0. The minimum Gasteiger partial charge on any atom is -0.437 e. The van der Waals surface area contributed by atoms with Gasteiger partial charge in [0, 0.05) is 50.2 Å². The highest BCUT2D eigenvalue weighted by molar-refractivity contribution is 5.94. The molecule has 8 heteroatoms. The Hall–Kier alpha value is -3.00. The molecule has 0 radical (unpaired) electrons. The van der Waals surface area contributed by atoms with Gasteiger partial charge < -0.3 is 19.9 Å². The number of ether oxygens (including phenoxy) is 1. The monoisotopic (exact) mass is 381 g/mol. The van der Waals surface area contributed by atoms with Crippen molar-refractivity contribution in [3.8, 4) is 11.6 Å². The minimum atomic E-state index is -0.0446. The number of nitrogens with zero attached hydrogens (tertiary/aromatic N) is 4. The fourth-order valence-electron chi connectivity index (χ4n) is 3.73. The average molecular weight is 381 g/mol. The van der Waals surface area contributed by atoms with Gasteiger partial charge in [-0.2, -0.15) is 0 Å². The lowest BCUT2D eigenvalue weighted by Gasteiger charge is -2.41. The third-order valence-electron chi connectivity index (χ3n) is 5.09. The number of carbonyl (C=O) groups excluding carboxylic acids is 2. The van der Waals surface area contributed by atoms with Gasteiger partial charge in [0.2, 0.25) is 11.8 Å². The Bertz CT molecular complexity index is 845. The molecule has 1 unspecified atom stereocenters. The Kier molecular flexibility index (Phi) is 5.48. The lowest BCUT2D eigenvalue weighted by molar-refractivity contribution is -0.135. The number of hydrogen-bond acceptors (Lipinski definition) is 6. The van der Waals surface area contributed by atoms with Gasteiger partial charge >= 0.3 is 0 Å². The first-order valence-corrected chi connectivity index (χ1v) is 9.54. The SMILES string of the molecule is O=C(c1cccc(Oc2cnccn2)c1)N1CCCC(N2CCNCC2=O)C1. The summed E-state index contributed by atoms with van der Waals surface area (Å²) in [5.74, 6) is 0.987. The summed E-state index contributed by atoms with van der Waals surface area (Å²) in [6, 6.07) is 7.16. The normalized spacial score (nSPS) is 20.1. The van der Waals surface area contributed by atoms with Crippen molar-refractivity contribution < 1.29 is 14.3 Å². The zero-order chi connectivity index (χ0) is 19.3. The standard InChI is InChI=1S/C20H23N5O3/c26-19-13-22-8-10-25(19)16-4-2-9-24(14-16)20(27)15-3-1-5-17(11-15)28-18-12-21-6-7-23-18/h1,3,5-7,11-12,16,22H,2,4,8-10,13-14H2. The van der Waals surface area contributed by atoms with Crippen LogP contribution in [0.3, 0.4) is 0 Å². The van der Waals surface area contributed by atoms with E-state index in [1.165, 1.54) is 6.20 Å². The van der Waals surface area contributed by atoms with E-state index in [1.54, 1.807) is 36.7 Å². The molecule has 1 N–H and O–H groups in total. The highest BCUT2D eigenvalue weighted by Crippen LogP contribution is 2.23. The number of piperazine rings is 1. The number of rotatable bonds is 4. The molecule has 0 bridgehead atoms. The molecule has 146 valence electrons. The number of aromatic nitrogens is 2. The Labute approximate surface area is 163 Å². The molecule has 8 nitrogen and oxygen atoms in total. The van der Waals surface area contributed by atoms with E-state index in [-0.39, 0.29) is 17.9 Å². The smallest absolute Gasteiger partial charge is 0.254 e. The molecule has 4 rings (SSSR count). The second kappa shape index (κ2) is 8.35. The molecule has 0 spiro atoms. The van der Waals surface area contributed by atoms with Crippen molar-refractivity contribution in [1.82, 2.24) is 25.1 Å². The maximum Gasteiger partial charge on any atom is 0.254 e. The van der Waals surface area contributed by atoms with E-state index in [0.29, 0.717) is 43.4 Å². The number of amides is 2. The van der Waals surface area contributed by atoms with Crippen LogP contribution in [0.15, 0.2) is 42.9 Å². The van der Waals surface area contributed by atoms with E-state index in [0.717, 1.165) is 19.4 Å². The molecule has 2 aliphatic heterocycles. The lowest BCUT2D eigenvalue weighted by atomic mass is 10.0. The van der Waals surface area contributed by atoms with Gasteiger partial charge in [-0.25, -0.2) is 4.98 Å². The number of likely N-dealkylation sites (tertiary alicyclic amines) is 1. The Morgan fingerprint density at radius 1 is 1.25 bits per heavy atom. The first-order valence-electron chi connectivity index (χ1n) is 9.54. The van der Waals surface area contributed by atoms with Crippen molar-refractivity contribution in [2.45, 2.75) is 18.9 Å². The van der Waals surface area contributed by atoms with Crippen molar-refractivity contribution in [2.75, 3.05) is 32.7 Å². The molecule has 2 saturated heterocycles. The summed E-state index contributed by atoms with van der Waals surface area (Å²) in [5.41, 5.74) is 0.564. The highest BCUT2D eigenvalue weighted by Gasteiger charge is 2.32. The summed E-state index contributed by atoms with van der Waals surface area (Å²) in [4.78, 5) is 37.0. The van der Waals surface area contributed by atoms with Gasteiger partial charge in [0.15, 0.2) is 0 Å². The molecular weight excluding hydrogens is 358 g/mol. The molecule has 0 saturated carbocycles. The largest absolute Gasteiger partial charge is 0.437 e. The molecular formula is C20H23N5O3. The molecule has 1 aromatic carbocycles. The van der Waals surface area contributed by atoms with Crippen LogP contribution in [0.4, 0.5) is 0 Å². The van der Waals surface area contributed by atoms with Crippen LogP contribution in [0.25, 0.3) is 0 Å². The predicted molar refractivity (Wildman–Crippen MR) is 102 cm³/mol. The van der Waals surface area contributed by atoms with Crippen molar-refractivity contribution in [2.24, 2.45) is 0 Å². The number of piperidine rings is 1. The fraction of sp³-hybridized carbons (Fsp3) is 0.400. The lowest BCUT2D eigenvalue weighted by Crippen LogP contribution is -2.57. The van der Waals surface area contributed by atoms with Gasteiger partial charge in [0.25, 0.3) is 5.91 Å². The minimum absolute atomic E-state index is 0.0446. The molecule has 1 aromatic heterocycles. The molecule has 2 amide bonds. The van der Waals surface area contributed by atoms with Gasteiger partial charge in [-0.15, -0.1) is 0 Å². The van der Waals surface area contributed by atoms with Gasteiger partial charge in [-0.1, -0.05) is 6.07 Å². The summed E-state index contributed by atoms with van der Waals surface area (Å²) < 4.78 is 5.68. The van der Waals surface area contributed by atoms with Crippen LogP contribution >= 0.6 is 0 Å². The average Bonchev–Trinajstić information content (AvgIpc) is 2.74. The first kappa shape index (κ1) is 18.4. The molecule has 1 atom stereocenters. The second-order valence-corrected chi connectivity index (χ2v) is 6.98. The van der Waals surface area contributed by atoms with Crippen LogP contribution in [0.1, 0.15) is 23.2 Å². The Balaban J connectivity index is 1.45. The zero-order valence-corrected chi connectivity index (χ0v) is 15.6. The quantitative estimate of drug-likeness (QED) is 0.859. The van der Waals surface area contributed by atoms with Crippen molar-refractivity contribution in [3.63, 3.8) is 0 Å². The number of benzene rings is 1. The summed E-state index contributed by atoms with van der Waals surface area (Å²) in [5, 5.41) is 3.09. The molecule has 28 heavy (non-hydrogen) atoms. The third-order valence-corrected chi connectivity index (χ3v) is 5.09. The molecule has 0 aliphatic carbocycles. The highest BCUT2D eigenvalue weighted by atomic mass is 16.5. The van der Waals surface area contributed by atoms with Gasteiger partial charge in [-0.05, 0) is 31.0 Å². The van der Waals surface area contributed by atoms with E-state index in [9.17, 15) is 9.59 Å². The summed E-state index contributed by atoms with van der Waals surface area (Å²) in [6.45, 7) is 3.15. The fourth-order valence-corrected chi connectivity index (χ4v) is 3.73.